The van der Waals surface area contributed by atoms with Crippen molar-refractivity contribution < 1.29 is 9.39 Å². The van der Waals surface area contributed by atoms with Crippen molar-refractivity contribution in [2.75, 3.05) is 0 Å². The number of fused-ring (bicyclic) bond motifs is 7. The van der Waals surface area contributed by atoms with Crippen LogP contribution in [0.3, 0.4) is 0 Å². The van der Waals surface area contributed by atoms with E-state index in [9.17, 15) is 0 Å². The molecule has 0 saturated carbocycles. The molecule has 3 heterocycles. The second-order valence-corrected chi connectivity index (χ2v) is 20.9. The molecule has 10 aromatic carbocycles. The van der Waals surface area contributed by atoms with E-state index in [1.165, 1.54) is 42.6 Å². The van der Waals surface area contributed by atoms with Gasteiger partial charge in [0.2, 0.25) is 0 Å². The molecular weight excluding hydrogens is 806 g/mol. The summed E-state index contributed by atoms with van der Waals surface area (Å²) in [5.41, 5.74) is 12.3. The number of rotatable bonds is 7. The van der Waals surface area contributed by atoms with Crippen LogP contribution in [0.25, 0.3) is 60.9 Å². The second kappa shape index (κ2) is 15.0. The maximum Gasteiger partial charge on any atom is 0.434 e. The van der Waals surface area contributed by atoms with Crippen LogP contribution in [0.15, 0.2) is 243 Å². The van der Waals surface area contributed by atoms with Crippen molar-refractivity contribution in [3.8, 4) is 56.3 Å². The highest BCUT2D eigenvalue weighted by Gasteiger charge is 2.43. The van der Waals surface area contributed by atoms with Crippen molar-refractivity contribution in [1.82, 2.24) is 4.57 Å². The van der Waals surface area contributed by atoms with Crippen molar-refractivity contribution in [2.45, 2.75) is 0 Å². The van der Waals surface area contributed by atoms with E-state index in [4.69, 9.17) is 9.39 Å². The lowest BCUT2D eigenvalue weighted by Gasteiger charge is -2.35. The first-order valence-electron chi connectivity index (χ1n) is 22.3. The quantitative estimate of drug-likeness (QED) is 0.118. The molecule has 65 heavy (non-hydrogen) atoms. The number of hydrogen-bond acceptors (Lipinski definition) is 2. The fourth-order valence-corrected chi connectivity index (χ4v) is 15.5. The van der Waals surface area contributed by atoms with Gasteiger partial charge >= 0.3 is 6.92 Å². The fraction of sp³-hybridized carbons (Fsp3) is 0. The minimum Gasteiger partial charge on any atom is -0.551 e. The summed E-state index contributed by atoms with van der Waals surface area (Å²) in [5.74, 6) is 2.52. The fourth-order valence-electron chi connectivity index (χ4n) is 10.7. The lowest BCUT2D eigenvalue weighted by atomic mass is 9.50. The number of benzene rings is 10. The minimum atomic E-state index is -2.72. The average molecular weight is 846 g/mol. The van der Waals surface area contributed by atoms with Crippen LogP contribution >= 0.6 is 0 Å². The SMILES string of the molecule is c1ccc([Si](c2ccccc2)(c2ccccc2)c2cccc(-c3ccc4c(c3)OB3c5ccccc5Oc5cc(-c6ccc(-n7c8ccccc8c8ccccc87)cc6)cc-4c53)c2)cc1. The Morgan fingerprint density at radius 1 is 0.354 bits per heavy atom. The highest BCUT2D eigenvalue weighted by molar-refractivity contribution is 7.19. The van der Waals surface area contributed by atoms with Crippen molar-refractivity contribution in [2.24, 2.45) is 0 Å². The molecule has 0 spiro atoms. The summed E-state index contributed by atoms with van der Waals surface area (Å²) >= 11 is 0. The summed E-state index contributed by atoms with van der Waals surface area (Å²) in [5, 5.41) is 7.90. The number of hydrogen-bond donors (Lipinski definition) is 0. The zero-order valence-electron chi connectivity index (χ0n) is 35.4. The standard InChI is InChI=1S/C60H40BNO2Si/c1-4-18-46(19-5-1)65(47-20-6-2-7-21-47,48-22-8-3-9-23-48)49-24-16-17-42(37-49)43-33-36-52-53-38-44(40-59-60(53)61(64-58(52)39-43)54-27-12-15-30-57(54)63-59)41-31-34-45(35-32-41)62-55-28-13-10-25-50(55)51-26-11-14-29-56(51)62/h1-40H. The predicted octanol–water partition coefficient (Wildman–Crippen LogP) is 10.8. The molecule has 1 aromatic heterocycles. The van der Waals surface area contributed by atoms with Gasteiger partial charge in [-0.15, -0.1) is 0 Å². The first-order chi connectivity index (χ1) is 32.2. The van der Waals surface area contributed by atoms with E-state index in [-0.39, 0.29) is 6.92 Å². The molecule has 0 bridgehead atoms. The van der Waals surface area contributed by atoms with Crippen LogP contribution in [-0.2, 0) is 0 Å². The van der Waals surface area contributed by atoms with Gasteiger partial charge in [0, 0.05) is 32.9 Å². The Hall–Kier alpha value is -8.12. The van der Waals surface area contributed by atoms with E-state index in [2.05, 4.69) is 235 Å². The Morgan fingerprint density at radius 3 is 1.55 bits per heavy atom. The van der Waals surface area contributed by atoms with Crippen LogP contribution < -0.4 is 41.1 Å². The lowest BCUT2D eigenvalue weighted by molar-refractivity contribution is 0.479. The van der Waals surface area contributed by atoms with Gasteiger partial charge in [-0.05, 0) is 97.1 Å². The molecule has 0 saturated heterocycles. The molecule has 2 aliphatic heterocycles. The minimum absolute atomic E-state index is 0.305. The number of aromatic nitrogens is 1. The maximum atomic E-state index is 7.13. The van der Waals surface area contributed by atoms with Gasteiger partial charge in [-0.2, -0.15) is 0 Å². The molecule has 0 amide bonds. The number of para-hydroxylation sites is 3. The summed E-state index contributed by atoms with van der Waals surface area (Å²) in [6.07, 6.45) is 0. The van der Waals surface area contributed by atoms with Gasteiger partial charge in [-0.3, -0.25) is 0 Å². The van der Waals surface area contributed by atoms with Gasteiger partial charge in [-0.25, -0.2) is 0 Å². The Bertz CT molecular complexity index is 3460. The van der Waals surface area contributed by atoms with Crippen molar-refractivity contribution in [1.29, 1.82) is 0 Å². The van der Waals surface area contributed by atoms with E-state index in [1.807, 2.05) is 12.1 Å². The van der Waals surface area contributed by atoms with Gasteiger partial charge < -0.3 is 14.0 Å². The first kappa shape index (κ1) is 37.4. The summed E-state index contributed by atoms with van der Waals surface area (Å²) in [6.45, 7) is -0.305. The van der Waals surface area contributed by atoms with Gasteiger partial charge in [0.05, 0.1) is 11.0 Å². The van der Waals surface area contributed by atoms with Crippen LogP contribution in [0.4, 0.5) is 0 Å². The van der Waals surface area contributed by atoms with E-state index in [1.54, 1.807) is 0 Å². The number of ether oxygens (including phenoxy) is 1. The molecule has 13 rings (SSSR count). The monoisotopic (exact) mass is 845 g/mol. The Balaban J connectivity index is 0.938. The summed E-state index contributed by atoms with van der Waals surface area (Å²) in [4.78, 5) is 0. The molecule has 304 valence electrons. The molecule has 3 nitrogen and oxygen atoms in total. The first-order valence-corrected chi connectivity index (χ1v) is 24.3. The molecule has 0 unspecified atom stereocenters. The Kier molecular flexibility index (Phi) is 8.65. The summed E-state index contributed by atoms with van der Waals surface area (Å²) in [7, 11) is -2.72. The number of nitrogens with zero attached hydrogens (tertiary/aromatic N) is 1. The third-order valence-corrected chi connectivity index (χ3v) is 18.4. The Labute approximate surface area is 379 Å². The molecule has 0 fully saturated rings. The third kappa shape index (κ3) is 5.90. The van der Waals surface area contributed by atoms with Crippen LogP contribution in [-0.4, -0.2) is 19.6 Å². The average Bonchev–Trinajstić information content (AvgIpc) is 3.72. The molecule has 0 aliphatic carbocycles. The van der Waals surface area contributed by atoms with Gasteiger partial charge in [0.15, 0.2) is 8.07 Å². The molecule has 5 heteroatoms. The van der Waals surface area contributed by atoms with Crippen LogP contribution in [0.5, 0.6) is 17.2 Å². The van der Waals surface area contributed by atoms with Crippen molar-refractivity contribution in [3.63, 3.8) is 0 Å². The van der Waals surface area contributed by atoms with E-state index < -0.39 is 8.07 Å². The second-order valence-electron chi connectivity index (χ2n) is 17.1. The van der Waals surface area contributed by atoms with E-state index >= 15 is 0 Å². The zero-order chi connectivity index (χ0) is 42.9. The molecule has 2 aliphatic rings. The van der Waals surface area contributed by atoms with Crippen LogP contribution in [0.1, 0.15) is 0 Å². The molecule has 0 atom stereocenters. The molecule has 11 aromatic rings. The molecule has 0 N–H and O–H groups in total. The highest BCUT2D eigenvalue weighted by atomic mass is 28.3. The predicted molar refractivity (Wildman–Crippen MR) is 273 cm³/mol. The van der Waals surface area contributed by atoms with E-state index in [0.29, 0.717) is 0 Å². The van der Waals surface area contributed by atoms with Crippen molar-refractivity contribution >= 4 is 68.5 Å². The van der Waals surface area contributed by atoms with E-state index in [0.717, 1.165) is 67.2 Å². The topological polar surface area (TPSA) is 23.4 Å². The smallest absolute Gasteiger partial charge is 0.434 e. The summed E-state index contributed by atoms with van der Waals surface area (Å²) < 4.78 is 16.2. The third-order valence-electron chi connectivity index (χ3n) is 13.6. The largest absolute Gasteiger partial charge is 0.551 e. The van der Waals surface area contributed by atoms with Crippen molar-refractivity contribution in [3.05, 3.63) is 243 Å². The lowest BCUT2D eigenvalue weighted by Crippen LogP contribution is -2.74. The van der Waals surface area contributed by atoms with Gasteiger partial charge in [-0.1, -0.05) is 194 Å². The zero-order valence-corrected chi connectivity index (χ0v) is 36.4. The molecular formula is C60H40BNO2Si. The van der Waals surface area contributed by atoms with Gasteiger partial charge in [0.25, 0.3) is 0 Å². The van der Waals surface area contributed by atoms with Gasteiger partial charge in [0.1, 0.15) is 17.2 Å². The normalized spacial score (nSPS) is 12.5. The maximum absolute atomic E-state index is 7.13. The van der Waals surface area contributed by atoms with Crippen LogP contribution in [0.2, 0.25) is 0 Å². The summed E-state index contributed by atoms with van der Waals surface area (Å²) in [6, 6.07) is 88.4. The highest BCUT2D eigenvalue weighted by Crippen LogP contribution is 2.43. The molecule has 0 radical (unpaired) electrons. The van der Waals surface area contributed by atoms with Crippen LogP contribution in [0, 0.1) is 0 Å². The Morgan fingerprint density at radius 2 is 0.892 bits per heavy atom.